The van der Waals surface area contributed by atoms with Gasteiger partial charge in [-0.1, -0.05) is 45.9 Å². The molecule has 0 saturated carbocycles. The molecule has 0 aliphatic heterocycles. The maximum Gasteiger partial charge on any atom is 0.419 e. The lowest BCUT2D eigenvalue weighted by Crippen LogP contribution is -2.23. The number of nitrogens with two attached hydrogens (primary N) is 1. The predicted octanol–water partition coefficient (Wildman–Crippen LogP) is 3.73. The number of thiocarbonyl (C=S) groups is 1. The quantitative estimate of drug-likeness (QED) is 0.828. The average Bonchev–Trinajstić information content (AvgIpc) is 2.27. The first kappa shape index (κ1) is 15.4. The molecule has 0 saturated heterocycles. The largest absolute Gasteiger partial charge is 0.419 e. The van der Waals surface area contributed by atoms with E-state index >= 15 is 0 Å². The first-order valence-electron chi connectivity index (χ1n) is 6.24. The van der Waals surface area contributed by atoms with E-state index in [0.717, 1.165) is 16.8 Å². The molecule has 0 spiro atoms. The molecule has 0 radical (unpaired) electrons. The Morgan fingerprint density at radius 3 is 2.05 bits per heavy atom. The van der Waals surface area contributed by atoms with E-state index in [1.807, 2.05) is 18.2 Å². The number of rotatable bonds is 3. The molecule has 0 aromatic heterocycles. The molecule has 104 valence electrons. The third-order valence-electron chi connectivity index (χ3n) is 2.79. The maximum absolute atomic E-state index is 11.7. The van der Waals surface area contributed by atoms with Crippen LogP contribution in [0.2, 0.25) is 0 Å². The number of anilines is 1. The van der Waals surface area contributed by atoms with Gasteiger partial charge in [-0.2, -0.15) is 0 Å². The van der Waals surface area contributed by atoms with Crippen LogP contribution in [0.3, 0.4) is 0 Å². The van der Waals surface area contributed by atoms with Crippen LogP contribution in [-0.4, -0.2) is 11.3 Å². The van der Waals surface area contributed by atoms with Gasteiger partial charge in [0.25, 0.3) is 5.17 Å². The zero-order valence-corrected chi connectivity index (χ0v) is 12.5. The number of nitrogens with one attached hydrogen (secondary N) is 1. The van der Waals surface area contributed by atoms with Crippen molar-refractivity contribution < 1.29 is 9.53 Å². The summed E-state index contributed by atoms with van der Waals surface area (Å²) in [6, 6.07) is 5.98. The van der Waals surface area contributed by atoms with E-state index in [4.69, 9.17) is 5.73 Å². The van der Waals surface area contributed by atoms with Gasteiger partial charge in [0.15, 0.2) is 0 Å². The van der Waals surface area contributed by atoms with Gasteiger partial charge in [0.2, 0.25) is 0 Å². The number of benzene rings is 1. The highest BCUT2D eigenvalue weighted by atomic mass is 32.1. The number of hydrogen-bond donors (Lipinski definition) is 2. The summed E-state index contributed by atoms with van der Waals surface area (Å²) in [6.07, 6.45) is -0.650. The summed E-state index contributed by atoms with van der Waals surface area (Å²) in [5.74, 6) is 0.581. The van der Waals surface area contributed by atoms with Crippen molar-refractivity contribution in [3.8, 4) is 0 Å². The zero-order valence-electron chi connectivity index (χ0n) is 11.7. The molecular weight excluding hydrogens is 260 g/mol. The van der Waals surface area contributed by atoms with Crippen LogP contribution in [0.5, 0.6) is 0 Å². The van der Waals surface area contributed by atoms with Crippen LogP contribution in [-0.2, 0) is 4.74 Å². The highest BCUT2D eigenvalue weighted by Gasteiger charge is 2.16. The van der Waals surface area contributed by atoms with E-state index in [1.54, 1.807) is 0 Å². The molecule has 0 bridgehead atoms. The number of carbonyl (C=O) groups is 1. The summed E-state index contributed by atoms with van der Waals surface area (Å²) in [5.41, 5.74) is 8.10. The van der Waals surface area contributed by atoms with Gasteiger partial charge in [-0.25, -0.2) is 4.79 Å². The first-order chi connectivity index (χ1) is 8.82. The van der Waals surface area contributed by atoms with Crippen molar-refractivity contribution >= 4 is 29.2 Å². The fourth-order valence-electron chi connectivity index (χ4n) is 1.91. The smallest absolute Gasteiger partial charge is 0.383 e. The van der Waals surface area contributed by atoms with Crippen LogP contribution in [0.25, 0.3) is 0 Å². The van der Waals surface area contributed by atoms with Gasteiger partial charge in [-0.3, -0.25) is 5.32 Å². The van der Waals surface area contributed by atoms with Crippen molar-refractivity contribution in [2.45, 2.75) is 39.5 Å². The van der Waals surface area contributed by atoms with Crippen LogP contribution in [0, 0.1) is 0 Å². The van der Waals surface area contributed by atoms with E-state index in [1.165, 1.54) is 0 Å². The summed E-state index contributed by atoms with van der Waals surface area (Å²) in [5, 5.41) is 2.46. The molecule has 19 heavy (non-hydrogen) atoms. The van der Waals surface area contributed by atoms with Gasteiger partial charge >= 0.3 is 6.09 Å². The van der Waals surface area contributed by atoms with E-state index in [9.17, 15) is 4.79 Å². The normalized spacial score (nSPS) is 10.6. The molecule has 0 aliphatic rings. The second kappa shape index (κ2) is 6.52. The topological polar surface area (TPSA) is 64.3 Å². The Hall–Kier alpha value is -1.62. The molecule has 1 aromatic carbocycles. The van der Waals surface area contributed by atoms with Gasteiger partial charge in [0.1, 0.15) is 0 Å². The summed E-state index contributed by atoms with van der Waals surface area (Å²) >= 11 is 4.55. The van der Waals surface area contributed by atoms with E-state index in [0.29, 0.717) is 11.8 Å². The van der Waals surface area contributed by atoms with Crippen molar-refractivity contribution in [2.75, 3.05) is 5.32 Å². The molecular formula is C14H20N2O2S. The van der Waals surface area contributed by atoms with E-state index < -0.39 is 6.09 Å². The van der Waals surface area contributed by atoms with Crippen molar-refractivity contribution in [1.29, 1.82) is 0 Å². The molecule has 3 N–H and O–H groups in total. The number of hydrogen-bond acceptors (Lipinski definition) is 3. The number of carbonyl (C=O) groups excluding carboxylic acids is 1. The Morgan fingerprint density at radius 1 is 1.21 bits per heavy atom. The Bertz CT molecular complexity index is 458. The molecule has 0 aliphatic carbocycles. The Morgan fingerprint density at radius 2 is 1.68 bits per heavy atom. The fourth-order valence-corrected chi connectivity index (χ4v) is 1.99. The zero-order chi connectivity index (χ0) is 14.6. The molecule has 0 fully saturated rings. The summed E-state index contributed by atoms with van der Waals surface area (Å²) < 4.78 is 4.68. The highest BCUT2D eigenvalue weighted by Crippen LogP contribution is 2.32. The molecule has 0 unspecified atom stereocenters. The van der Waals surface area contributed by atoms with Crippen molar-refractivity contribution in [2.24, 2.45) is 5.73 Å². The molecule has 1 rings (SSSR count). The van der Waals surface area contributed by atoms with Crippen molar-refractivity contribution in [3.05, 3.63) is 29.3 Å². The van der Waals surface area contributed by atoms with Crippen molar-refractivity contribution in [3.63, 3.8) is 0 Å². The number of para-hydroxylation sites is 1. The second-order valence-electron chi connectivity index (χ2n) is 4.95. The highest BCUT2D eigenvalue weighted by molar-refractivity contribution is 7.80. The van der Waals surface area contributed by atoms with Crippen LogP contribution in [0.15, 0.2) is 18.2 Å². The molecule has 1 amide bonds. The standard InChI is InChI=1S/C14H20N2O2S/c1-8(2)10-6-5-7-11(9(3)4)12(10)16-14(17)18-13(15)19/h5-9H,1-4H3,(H2,15,19)(H,16,17). The van der Waals surface area contributed by atoms with Crippen LogP contribution >= 0.6 is 12.2 Å². The van der Waals surface area contributed by atoms with Crippen LogP contribution in [0.4, 0.5) is 10.5 Å². The summed E-state index contributed by atoms with van der Waals surface area (Å²) in [6.45, 7) is 8.29. The lowest BCUT2D eigenvalue weighted by molar-refractivity contribution is 0.213. The summed E-state index contributed by atoms with van der Waals surface area (Å²) in [4.78, 5) is 11.7. The average molecular weight is 280 g/mol. The predicted molar refractivity (Wildman–Crippen MR) is 81.5 cm³/mol. The van der Waals surface area contributed by atoms with Crippen molar-refractivity contribution in [1.82, 2.24) is 0 Å². The van der Waals surface area contributed by atoms with E-state index in [-0.39, 0.29) is 5.17 Å². The summed E-state index contributed by atoms with van der Waals surface area (Å²) in [7, 11) is 0. The Labute approximate surface area is 119 Å². The third kappa shape index (κ3) is 4.21. The fraction of sp³-hybridized carbons (Fsp3) is 0.429. The van der Waals surface area contributed by atoms with Gasteiger partial charge in [0.05, 0.1) is 5.69 Å². The van der Waals surface area contributed by atoms with Gasteiger partial charge in [-0.05, 0) is 35.2 Å². The number of amides is 1. The van der Waals surface area contributed by atoms with Gasteiger partial charge in [-0.15, -0.1) is 0 Å². The third-order valence-corrected chi connectivity index (χ3v) is 2.88. The van der Waals surface area contributed by atoms with Gasteiger partial charge in [0, 0.05) is 0 Å². The lowest BCUT2D eigenvalue weighted by Gasteiger charge is -2.19. The Kier molecular flexibility index (Phi) is 5.30. The SMILES string of the molecule is CC(C)c1cccc(C(C)C)c1NC(=O)OC(N)=S. The van der Waals surface area contributed by atoms with Crippen LogP contribution in [0.1, 0.15) is 50.7 Å². The lowest BCUT2D eigenvalue weighted by atomic mass is 9.93. The second-order valence-corrected chi connectivity index (χ2v) is 5.36. The van der Waals surface area contributed by atoms with Crippen LogP contribution < -0.4 is 11.1 Å². The first-order valence-corrected chi connectivity index (χ1v) is 6.64. The molecule has 0 heterocycles. The molecule has 5 heteroatoms. The van der Waals surface area contributed by atoms with E-state index in [2.05, 4.69) is 50.0 Å². The minimum atomic E-state index is -0.650. The van der Waals surface area contributed by atoms with Gasteiger partial charge < -0.3 is 10.5 Å². The minimum absolute atomic E-state index is 0.286. The Balaban J connectivity index is 3.14. The monoisotopic (exact) mass is 280 g/mol. The molecule has 4 nitrogen and oxygen atoms in total. The number of ether oxygens (including phenoxy) is 1. The molecule has 0 atom stereocenters. The minimum Gasteiger partial charge on any atom is -0.383 e. The maximum atomic E-state index is 11.7. The molecule has 1 aromatic rings.